The number of rotatable bonds is 7. The van der Waals surface area contributed by atoms with E-state index in [-0.39, 0.29) is 0 Å². The molecular weight excluding hydrogens is 198 g/mol. The van der Waals surface area contributed by atoms with Crippen molar-refractivity contribution in [2.75, 3.05) is 13.2 Å². The lowest BCUT2D eigenvalue weighted by molar-refractivity contribution is 0.317. The summed E-state index contributed by atoms with van der Waals surface area (Å²) in [4.78, 5) is 0. The molecule has 0 aliphatic rings. The molecule has 0 amide bonds. The molecule has 1 aromatic rings. The van der Waals surface area contributed by atoms with Gasteiger partial charge in [-0.1, -0.05) is 32.9 Å². The molecule has 0 saturated carbocycles. The molecule has 0 fully saturated rings. The minimum atomic E-state index is 0.694. The Balaban J connectivity index is 2.40. The third-order valence-corrected chi connectivity index (χ3v) is 2.25. The topological polar surface area (TPSA) is 21.3 Å². The summed E-state index contributed by atoms with van der Waals surface area (Å²) >= 11 is 0. The minimum absolute atomic E-state index is 0.694. The van der Waals surface area contributed by atoms with Crippen LogP contribution in [-0.2, 0) is 6.54 Å². The van der Waals surface area contributed by atoms with E-state index in [4.69, 9.17) is 4.74 Å². The van der Waals surface area contributed by atoms with Crippen LogP contribution < -0.4 is 10.1 Å². The van der Waals surface area contributed by atoms with Crippen molar-refractivity contribution in [3.8, 4) is 5.75 Å². The lowest BCUT2D eigenvalue weighted by atomic mass is 10.2. The highest BCUT2D eigenvalue weighted by Crippen LogP contribution is 2.13. The molecular formula is C14H23NO. The second kappa shape index (κ2) is 7.29. The van der Waals surface area contributed by atoms with Gasteiger partial charge in [-0.25, -0.2) is 0 Å². The number of hydrogen-bond acceptors (Lipinski definition) is 2. The molecule has 1 aromatic carbocycles. The van der Waals surface area contributed by atoms with Gasteiger partial charge < -0.3 is 10.1 Å². The first-order chi connectivity index (χ1) is 7.72. The Morgan fingerprint density at radius 1 is 1.31 bits per heavy atom. The van der Waals surface area contributed by atoms with Gasteiger partial charge in [0.05, 0.1) is 6.61 Å². The first-order valence-electron chi connectivity index (χ1n) is 6.14. The fraction of sp³-hybridized carbons (Fsp3) is 0.571. The molecule has 2 heteroatoms. The van der Waals surface area contributed by atoms with Gasteiger partial charge in [0.1, 0.15) is 5.75 Å². The third-order valence-electron chi connectivity index (χ3n) is 2.25. The fourth-order valence-electron chi connectivity index (χ4n) is 1.47. The first kappa shape index (κ1) is 13.0. The maximum absolute atomic E-state index is 5.60. The average molecular weight is 221 g/mol. The lowest BCUT2D eigenvalue weighted by Gasteiger charge is -2.09. The molecule has 0 aromatic heterocycles. The smallest absolute Gasteiger partial charge is 0.119 e. The first-order valence-corrected chi connectivity index (χ1v) is 6.14. The van der Waals surface area contributed by atoms with E-state index in [1.54, 1.807) is 0 Å². The molecule has 0 heterocycles. The van der Waals surface area contributed by atoms with Crippen LogP contribution in [0.5, 0.6) is 5.75 Å². The Labute approximate surface area is 99.0 Å². The predicted molar refractivity (Wildman–Crippen MR) is 68.8 cm³/mol. The maximum atomic E-state index is 5.60. The Kier molecular flexibility index (Phi) is 5.94. The summed E-state index contributed by atoms with van der Waals surface area (Å²) in [7, 11) is 0. The van der Waals surface area contributed by atoms with Crippen LogP contribution in [-0.4, -0.2) is 13.2 Å². The number of ether oxygens (including phenoxy) is 1. The number of nitrogens with one attached hydrogen (secondary N) is 1. The maximum Gasteiger partial charge on any atom is 0.119 e. The zero-order valence-corrected chi connectivity index (χ0v) is 10.6. The quantitative estimate of drug-likeness (QED) is 0.763. The highest BCUT2D eigenvalue weighted by atomic mass is 16.5. The van der Waals surface area contributed by atoms with Crippen molar-refractivity contribution >= 4 is 0 Å². The van der Waals surface area contributed by atoms with E-state index < -0.39 is 0 Å². The minimum Gasteiger partial charge on any atom is -0.494 e. The van der Waals surface area contributed by atoms with Crippen LogP contribution in [0.2, 0.25) is 0 Å². The number of benzene rings is 1. The Morgan fingerprint density at radius 3 is 2.81 bits per heavy atom. The predicted octanol–water partition coefficient (Wildman–Crippen LogP) is 3.22. The molecule has 16 heavy (non-hydrogen) atoms. The van der Waals surface area contributed by atoms with Gasteiger partial charge in [-0.2, -0.15) is 0 Å². The van der Waals surface area contributed by atoms with Crippen molar-refractivity contribution in [2.45, 2.75) is 33.7 Å². The largest absolute Gasteiger partial charge is 0.494 e. The van der Waals surface area contributed by atoms with E-state index in [0.717, 1.165) is 31.9 Å². The van der Waals surface area contributed by atoms with E-state index in [1.807, 2.05) is 6.07 Å². The Hall–Kier alpha value is -1.02. The van der Waals surface area contributed by atoms with Crippen molar-refractivity contribution < 1.29 is 4.74 Å². The fourth-order valence-corrected chi connectivity index (χ4v) is 1.47. The summed E-state index contributed by atoms with van der Waals surface area (Å²) < 4.78 is 5.60. The molecule has 2 nitrogen and oxygen atoms in total. The summed E-state index contributed by atoms with van der Waals surface area (Å²) in [6.45, 7) is 9.32. The second-order valence-corrected chi connectivity index (χ2v) is 4.52. The van der Waals surface area contributed by atoms with Crippen molar-refractivity contribution in [1.82, 2.24) is 5.32 Å². The zero-order chi connectivity index (χ0) is 11.8. The van der Waals surface area contributed by atoms with Crippen molar-refractivity contribution in [3.63, 3.8) is 0 Å². The van der Waals surface area contributed by atoms with E-state index in [1.165, 1.54) is 5.56 Å². The molecule has 0 spiro atoms. The van der Waals surface area contributed by atoms with Crippen molar-refractivity contribution in [3.05, 3.63) is 29.8 Å². The molecule has 0 bridgehead atoms. The van der Waals surface area contributed by atoms with Gasteiger partial charge in [0.25, 0.3) is 0 Å². The highest BCUT2D eigenvalue weighted by molar-refractivity contribution is 5.28. The number of hydrogen-bond donors (Lipinski definition) is 1. The van der Waals surface area contributed by atoms with Crippen LogP contribution >= 0.6 is 0 Å². The molecule has 0 atom stereocenters. The molecule has 0 radical (unpaired) electrons. The Morgan fingerprint density at radius 2 is 2.12 bits per heavy atom. The standard InChI is InChI=1S/C14H23NO/c1-4-8-16-14-7-5-6-13(9-14)11-15-10-12(2)3/h5-7,9,12,15H,4,8,10-11H2,1-3H3. The molecule has 1 rings (SSSR count). The van der Waals surface area contributed by atoms with E-state index in [0.29, 0.717) is 5.92 Å². The Bertz CT molecular complexity index is 297. The van der Waals surface area contributed by atoms with E-state index in [9.17, 15) is 0 Å². The molecule has 0 saturated heterocycles. The van der Waals surface area contributed by atoms with Crippen LogP contribution in [0.3, 0.4) is 0 Å². The van der Waals surface area contributed by atoms with Gasteiger partial charge in [0.2, 0.25) is 0 Å². The summed E-state index contributed by atoms with van der Waals surface area (Å²) in [5.41, 5.74) is 1.29. The van der Waals surface area contributed by atoms with E-state index in [2.05, 4.69) is 44.3 Å². The monoisotopic (exact) mass is 221 g/mol. The van der Waals surface area contributed by atoms with Gasteiger partial charge in [0, 0.05) is 6.54 Å². The zero-order valence-electron chi connectivity index (χ0n) is 10.6. The SMILES string of the molecule is CCCOc1cccc(CNCC(C)C)c1. The van der Waals surface area contributed by atoms with Gasteiger partial charge in [-0.15, -0.1) is 0 Å². The van der Waals surface area contributed by atoms with Crippen molar-refractivity contribution in [1.29, 1.82) is 0 Å². The summed E-state index contributed by atoms with van der Waals surface area (Å²) in [6, 6.07) is 8.31. The van der Waals surface area contributed by atoms with Crippen molar-refractivity contribution in [2.24, 2.45) is 5.92 Å². The average Bonchev–Trinajstić information content (AvgIpc) is 2.26. The summed E-state index contributed by atoms with van der Waals surface area (Å²) in [5, 5.41) is 3.43. The van der Waals surface area contributed by atoms with Gasteiger partial charge in [0.15, 0.2) is 0 Å². The lowest BCUT2D eigenvalue weighted by Crippen LogP contribution is -2.18. The van der Waals surface area contributed by atoms with E-state index >= 15 is 0 Å². The summed E-state index contributed by atoms with van der Waals surface area (Å²) in [6.07, 6.45) is 1.05. The molecule has 0 unspecified atom stereocenters. The molecule has 1 N–H and O–H groups in total. The molecule has 0 aliphatic carbocycles. The van der Waals surface area contributed by atoms with Crippen LogP contribution in [0.25, 0.3) is 0 Å². The van der Waals surface area contributed by atoms with Crippen LogP contribution in [0.15, 0.2) is 24.3 Å². The second-order valence-electron chi connectivity index (χ2n) is 4.52. The molecule has 90 valence electrons. The van der Waals surface area contributed by atoms with Crippen LogP contribution in [0.4, 0.5) is 0 Å². The summed E-state index contributed by atoms with van der Waals surface area (Å²) in [5.74, 6) is 1.67. The van der Waals surface area contributed by atoms with Crippen LogP contribution in [0.1, 0.15) is 32.8 Å². The third kappa shape index (κ3) is 5.17. The van der Waals surface area contributed by atoms with Gasteiger partial charge in [-0.3, -0.25) is 0 Å². The molecule has 0 aliphatic heterocycles. The van der Waals surface area contributed by atoms with Gasteiger partial charge in [-0.05, 0) is 36.6 Å². The highest BCUT2D eigenvalue weighted by Gasteiger charge is 1.97. The normalized spacial score (nSPS) is 10.8. The van der Waals surface area contributed by atoms with Gasteiger partial charge >= 0.3 is 0 Å². The van der Waals surface area contributed by atoms with Crippen LogP contribution in [0, 0.1) is 5.92 Å².